The molecule has 0 saturated heterocycles. The van der Waals surface area contributed by atoms with Gasteiger partial charge in [0, 0.05) is 18.3 Å². The molecule has 1 atom stereocenters. The normalized spacial score (nSPS) is 12.8. The smallest absolute Gasteiger partial charge is 0.0595 e. The molecule has 13 heavy (non-hydrogen) atoms. The molecule has 0 aromatic carbocycles. The summed E-state index contributed by atoms with van der Waals surface area (Å²) in [6.07, 6.45) is 5.33. The van der Waals surface area contributed by atoms with Crippen molar-refractivity contribution >= 4 is 0 Å². The quantitative estimate of drug-likeness (QED) is 0.751. The lowest BCUT2D eigenvalue weighted by Crippen LogP contribution is -2.10. The Morgan fingerprint density at radius 1 is 1.46 bits per heavy atom. The van der Waals surface area contributed by atoms with Crippen LogP contribution in [0, 0.1) is 0 Å². The molecule has 0 saturated carbocycles. The summed E-state index contributed by atoms with van der Waals surface area (Å²) in [6, 6.07) is 5.80. The fourth-order valence-corrected chi connectivity index (χ4v) is 1.30. The summed E-state index contributed by atoms with van der Waals surface area (Å²) in [6.45, 7) is 2.13. The average molecular weight is 179 g/mol. The molecule has 0 fully saturated rings. The SMILES string of the molecule is CCCCC(O)Cc1ccccn1. The summed E-state index contributed by atoms with van der Waals surface area (Å²) in [7, 11) is 0. The third-order valence-corrected chi connectivity index (χ3v) is 2.06. The Labute approximate surface area is 79.6 Å². The van der Waals surface area contributed by atoms with Crippen molar-refractivity contribution < 1.29 is 5.11 Å². The minimum absolute atomic E-state index is 0.227. The minimum atomic E-state index is -0.227. The Kier molecular flexibility index (Phi) is 4.47. The van der Waals surface area contributed by atoms with Gasteiger partial charge in [-0.15, -0.1) is 0 Å². The largest absolute Gasteiger partial charge is 0.393 e. The van der Waals surface area contributed by atoms with Crippen LogP contribution in [0.2, 0.25) is 0 Å². The van der Waals surface area contributed by atoms with E-state index in [1.54, 1.807) is 6.20 Å². The van der Waals surface area contributed by atoms with E-state index in [2.05, 4.69) is 11.9 Å². The molecule has 1 aromatic rings. The van der Waals surface area contributed by atoms with Crippen molar-refractivity contribution in [2.45, 2.75) is 38.7 Å². The number of rotatable bonds is 5. The zero-order valence-corrected chi connectivity index (χ0v) is 8.11. The van der Waals surface area contributed by atoms with Crippen LogP contribution in [0.25, 0.3) is 0 Å². The molecule has 1 rings (SSSR count). The zero-order chi connectivity index (χ0) is 9.52. The molecule has 0 radical (unpaired) electrons. The van der Waals surface area contributed by atoms with Crippen molar-refractivity contribution in [2.75, 3.05) is 0 Å². The standard InChI is InChI=1S/C11H17NO/c1-2-3-7-11(13)9-10-6-4-5-8-12-10/h4-6,8,11,13H,2-3,7,9H2,1H3. The Hall–Kier alpha value is -0.890. The Balaban J connectivity index is 2.32. The Morgan fingerprint density at radius 3 is 2.92 bits per heavy atom. The second kappa shape index (κ2) is 5.70. The van der Waals surface area contributed by atoms with Crippen LogP contribution in [0.5, 0.6) is 0 Å². The molecule has 1 unspecified atom stereocenters. The van der Waals surface area contributed by atoms with E-state index in [0.29, 0.717) is 6.42 Å². The molecule has 1 aromatic heterocycles. The highest BCUT2D eigenvalue weighted by atomic mass is 16.3. The topological polar surface area (TPSA) is 33.1 Å². The van der Waals surface area contributed by atoms with Gasteiger partial charge >= 0.3 is 0 Å². The molecule has 0 spiro atoms. The molecule has 0 amide bonds. The molecule has 0 aliphatic heterocycles. The summed E-state index contributed by atoms with van der Waals surface area (Å²) in [5, 5.41) is 9.59. The van der Waals surface area contributed by atoms with E-state index in [0.717, 1.165) is 25.0 Å². The van der Waals surface area contributed by atoms with Crippen molar-refractivity contribution in [1.29, 1.82) is 0 Å². The van der Waals surface area contributed by atoms with Gasteiger partial charge in [0.1, 0.15) is 0 Å². The van der Waals surface area contributed by atoms with Gasteiger partial charge in [0.25, 0.3) is 0 Å². The fourth-order valence-electron chi connectivity index (χ4n) is 1.30. The van der Waals surface area contributed by atoms with Crippen LogP contribution in [-0.4, -0.2) is 16.2 Å². The van der Waals surface area contributed by atoms with Gasteiger partial charge in [0.2, 0.25) is 0 Å². The summed E-state index contributed by atoms with van der Waals surface area (Å²) in [5.41, 5.74) is 0.978. The van der Waals surface area contributed by atoms with Gasteiger partial charge in [-0.2, -0.15) is 0 Å². The van der Waals surface area contributed by atoms with E-state index >= 15 is 0 Å². The minimum Gasteiger partial charge on any atom is -0.393 e. The van der Waals surface area contributed by atoms with Crippen LogP contribution in [0.1, 0.15) is 31.9 Å². The first-order valence-corrected chi connectivity index (χ1v) is 4.91. The van der Waals surface area contributed by atoms with E-state index in [4.69, 9.17) is 0 Å². The second-order valence-electron chi connectivity index (χ2n) is 3.32. The number of hydrogen-bond acceptors (Lipinski definition) is 2. The number of pyridine rings is 1. The third kappa shape index (κ3) is 4.04. The second-order valence-corrected chi connectivity index (χ2v) is 3.32. The number of nitrogens with zero attached hydrogens (tertiary/aromatic N) is 1. The highest BCUT2D eigenvalue weighted by Gasteiger charge is 2.04. The molecule has 2 nitrogen and oxygen atoms in total. The molecule has 0 bridgehead atoms. The maximum atomic E-state index is 9.59. The van der Waals surface area contributed by atoms with Gasteiger partial charge in [-0.1, -0.05) is 25.8 Å². The predicted octanol–water partition coefficient (Wildman–Crippen LogP) is 2.18. The van der Waals surface area contributed by atoms with Crippen LogP contribution >= 0.6 is 0 Å². The molecule has 1 N–H and O–H groups in total. The maximum Gasteiger partial charge on any atom is 0.0595 e. The van der Waals surface area contributed by atoms with Gasteiger partial charge in [0.05, 0.1) is 6.10 Å². The first-order valence-electron chi connectivity index (χ1n) is 4.91. The third-order valence-electron chi connectivity index (χ3n) is 2.06. The van der Waals surface area contributed by atoms with E-state index in [9.17, 15) is 5.11 Å². The van der Waals surface area contributed by atoms with Crippen LogP contribution in [-0.2, 0) is 6.42 Å². The van der Waals surface area contributed by atoms with Gasteiger partial charge in [-0.25, -0.2) is 0 Å². The molecule has 1 heterocycles. The monoisotopic (exact) mass is 179 g/mol. The highest BCUT2D eigenvalue weighted by Crippen LogP contribution is 2.06. The number of aliphatic hydroxyl groups is 1. The van der Waals surface area contributed by atoms with Crippen molar-refractivity contribution in [3.63, 3.8) is 0 Å². The first kappa shape index (κ1) is 10.2. The van der Waals surface area contributed by atoms with Crippen LogP contribution in [0.15, 0.2) is 24.4 Å². The molecule has 72 valence electrons. The summed E-state index contributed by atoms with van der Waals surface area (Å²) < 4.78 is 0. The van der Waals surface area contributed by atoms with E-state index in [-0.39, 0.29) is 6.10 Å². The van der Waals surface area contributed by atoms with E-state index in [1.165, 1.54) is 0 Å². The average Bonchev–Trinajstić information content (AvgIpc) is 2.16. The highest BCUT2D eigenvalue weighted by molar-refractivity contribution is 5.04. The molecular weight excluding hydrogens is 162 g/mol. The first-order chi connectivity index (χ1) is 6.33. The van der Waals surface area contributed by atoms with Crippen LogP contribution < -0.4 is 0 Å². The van der Waals surface area contributed by atoms with Crippen LogP contribution in [0.4, 0.5) is 0 Å². The van der Waals surface area contributed by atoms with Gasteiger partial charge in [0.15, 0.2) is 0 Å². The maximum absolute atomic E-state index is 9.59. The number of unbranched alkanes of at least 4 members (excludes halogenated alkanes) is 1. The van der Waals surface area contributed by atoms with Gasteiger partial charge in [-0.05, 0) is 18.6 Å². The number of aliphatic hydroxyl groups excluding tert-OH is 1. The van der Waals surface area contributed by atoms with E-state index in [1.807, 2.05) is 18.2 Å². The lowest BCUT2D eigenvalue weighted by molar-refractivity contribution is 0.160. The predicted molar refractivity (Wildman–Crippen MR) is 53.5 cm³/mol. The molecule has 0 aliphatic rings. The van der Waals surface area contributed by atoms with Crippen molar-refractivity contribution in [2.24, 2.45) is 0 Å². The van der Waals surface area contributed by atoms with Crippen molar-refractivity contribution in [3.05, 3.63) is 30.1 Å². The molecule has 0 aliphatic carbocycles. The van der Waals surface area contributed by atoms with Gasteiger partial charge < -0.3 is 5.11 Å². The lowest BCUT2D eigenvalue weighted by Gasteiger charge is -2.08. The molecule has 2 heteroatoms. The Morgan fingerprint density at radius 2 is 2.31 bits per heavy atom. The van der Waals surface area contributed by atoms with Crippen molar-refractivity contribution in [1.82, 2.24) is 4.98 Å². The number of aromatic nitrogens is 1. The zero-order valence-electron chi connectivity index (χ0n) is 8.11. The summed E-state index contributed by atoms with van der Waals surface area (Å²) >= 11 is 0. The van der Waals surface area contributed by atoms with E-state index < -0.39 is 0 Å². The van der Waals surface area contributed by atoms with Crippen LogP contribution in [0.3, 0.4) is 0 Å². The van der Waals surface area contributed by atoms with Crippen molar-refractivity contribution in [3.8, 4) is 0 Å². The summed E-state index contributed by atoms with van der Waals surface area (Å²) in [4.78, 5) is 4.17. The Bertz CT molecular complexity index is 223. The molecular formula is C11H17NO. The van der Waals surface area contributed by atoms with Gasteiger partial charge in [-0.3, -0.25) is 4.98 Å². The lowest BCUT2D eigenvalue weighted by atomic mass is 10.1. The summed E-state index contributed by atoms with van der Waals surface area (Å²) in [5.74, 6) is 0. The fraction of sp³-hybridized carbons (Fsp3) is 0.545. The number of hydrogen-bond donors (Lipinski definition) is 1.